The molecule has 0 saturated heterocycles. The van der Waals surface area contributed by atoms with Crippen molar-refractivity contribution in [3.8, 4) is 11.5 Å². The van der Waals surface area contributed by atoms with E-state index in [0.717, 1.165) is 26.8 Å². The van der Waals surface area contributed by atoms with Crippen LogP contribution < -0.4 is 10.5 Å². The van der Waals surface area contributed by atoms with Gasteiger partial charge in [0.2, 0.25) is 0 Å². The fraction of sp³-hybridized carbons (Fsp3) is 0.0625. The van der Waals surface area contributed by atoms with E-state index in [2.05, 4.69) is 20.9 Å². The lowest BCUT2D eigenvalue weighted by atomic mass is 10.2. The van der Waals surface area contributed by atoms with Crippen LogP contribution >= 0.6 is 15.9 Å². The largest absolute Gasteiger partial charge is 0.453 e. The molecule has 3 nitrogen and oxygen atoms in total. The average molecular weight is 329 g/mol. The average Bonchev–Trinajstić information content (AvgIpc) is 2.42. The number of hydrogen-bond acceptors (Lipinski definition) is 3. The molecule has 2 aromatic carbocycles. The number of hydrogen-bond donors (Lipinski definition) is 1. The Morgan fingerprint density at radius 2 is 1.90 bits per heavy atom. The fourth-order valence-corrected chi connectivity index (χ4v) is 2.56. The number of fused-ring (bicyclic) bond motifs is 1. The van der Waals surface area contributed by atoms with Crippen LogP contribution in [0.1, 0.15) is 5.69 Å². The maximum absolute atomic E-state index is 6.02. The second kappa shape index (κ2) is 5.13. The zero-order chi connectivity index (χ0) is 14.1. The number of halogens is 1. The van der Waals surface area contributed by atoms with Crippen molar-refractivity contribution >= 4 is 32.5 Å². The van der Waals surface area contributed by atoms with Crippen LogP contribution in [0.5, 0.6) is 11.5 Å². The number of aromatic nitrogens is 1. The molecule has 1 heterocycles. The Kier molecular flexibility index (Phi) is 3.32. The van der Waals surface area contributed by atoms with Crippen molar-refractivity contribution < 1.29 is 4.74 Å². The van der Waals surface area contributed by atoms with Gasteiger partial charge in [-0.3, -0.25) is 4.98 Å². The van der Waals surface area contributed by atoms with Gasteiger partial charge in [-0.1, -0.05) is 18.2 Å². The molecule has 0 atom stereocenters. The molecule has 20 heavy (non-hydrogen) atoms. The molecule has 0 unspecified atom stereocenters. The number of para-hydroxylation sites is 2. The highest BCUT2D eigenvalue weighted by Gasteiger charge is 2.10. The number of anilines is 1. The van der Waals surface area contributed by atoms with E-state index in [-0.39, 0.29) is 0 Å². The summed E-state index contributed by atoms with van der Waals surface area (Å²) in [5.41, 5.74) is 8.39. The molecule has 2 N–H and O–H groups in total. The summed E-state index contributed by atoms with van der Waals surface area (Å²) in [4.78, 5) is 4.50. The molecular weight excluding hydrogens is 316 g/mol. The van der Waals surface area contributed by atoms with Crippen LogP contribution in [-0.2, 0) is 0 Å². The van der Waals surface area contributed by atoms with Crippen LogP contribution in [0, 0.1) is 6.92 Å². The lowest BCUT2D eigenvalue weighted by molar-refractivity contribution is 0.487. The Hall–Kier alpha value is -2.07. The van der Waals surface area contributed by atoms with Gasteiger partial charge in [-0.05, 0) is 47.1 Å². The second-order valence-electron chi connectivity index (χ2n) is 4.54. The molecule has 0 saturated carbocycles. The van der Waals surface area contributed by atoms with Crippen LogP contribution in [0.4, 0.5) is 5.69 Å². The third kappa shape index (κ3) is 2.34. The second-order valence-corrected chi connectivity index (χ2v) is 5.39. The highest BCUT2D eigenvalue weighted by atomic mass is 79.9. The Bertz CT molecular complexity index is 766. The van der Waals surface area contributed by atoms with Gasteiger partial charge in [0.15, 0.2) is 5.75 Å². The number of nitrogens with two attached hydrogens (primary N) is 1. The Balaban J connectivity index is 2.16. The standard InChI is InChI=1S/C16H13BrN2O/c1-10-9-15(11-5-2-3-8-14(11)19-10)20-16-12(17)6-4-7-13(16)18/h2-9H,18H2,1H3. The number of pyridine rings is 1. The molecule has 0 bridgehead atoms. The highest BCUT2D eigenvalue weighted by Crippen LogP contribution is 2.37. The highest BCUT2D eigenvalue weighted by molar-refractivity contribution is 9.10. The molecule has 0 aliphatic heterocycles. The van der Waals surface area contributed by atoms with E-state index in [1.807, 2.05) is 55.5 Å². The van der Waals surface area contributed by atoms with E-state index in [1.54, 1.807) is 0 Å². The van der Waals surface area contributed by atoms with Gasteiger partial charge in [-0.15, -0.1) is 0 Å². The summed E-state index contributed by atoms with van der Waals surface area (Å²) in [6, 6.07) is 15.4. The van der Waals surface area contributed by atoms with Crippen molar-refractivity contribution in [2.75, 3.05) is 5.73 Å². The number of nitrogen functional groups attached to an aromatic ring is 1. The van der Waals surface area contributed by atoms with Gasteiger partial charge < -0.3 is 10.5 Å². The fourth-order valence-electron chi connectivity index (χ4n) is 2.10. The lowest BCUT2D eigenvalue weighted by Gasteiger charge is -2.13. The van der Waals surface area contributed by atoms with Crippen LogP contribution in [0.15, 0.2) is 53.0 Å². The molecule has 100 valence electrons. The molecule has 3 aromatic rings. The predicted octanol–water partition coefficient (Wildman–Crippen LogP) is 4.68. The summed E-state index contributed by atoms with van der Waals surface area (Å²) < 4.78 is 6.85. The number of aryl methyl sites for hydroxylation is 1. The van der Waals surface area contributed by atoms with Gasteiger partial charge >= 0.3 is 0 Å². The van der Waals surface area contributed by atoms with Crippen molar-refractivity contribution in [3.05, 3.63) is 58.7 Å². The zero-order valence-corrected chi connectivity index (χ0v) is 12.5. The van der Waals surface area contributed by atoms with E-state index < -0.39 is 0 Å². The SMILES string of the molecule is Cc1cc(Oc2c(N)cccc2Br)c2ccccc2n1. The first-order chi connectivity index (χ1) is 9.65. The van der Waals surface area contributed by atoms with Crippen LogP contribution in [0.25, 0.3) is 10.9 Å². The molecular formula is C16H13BrN2O. The minimum absolute atomic E-state index is 0.595. The van der Waals surface area contributed by atoms with Gasteiger partial charge in [-0.2, -0.15) is 0 Å². The zero-order valence-electron chi connectivity index (χ0n) is 10.9. The van der Waals surface area contributed by atoms with Crippen molar-refractivity contribution in [2.24, 2.45) is 0 Å². The van der Waals surface area contributed by atoms with Gasteiger partial charge in [-0.25, -0.2) is 0 Å². The monoisotopic (exact) mass is 328 g/mol. The molecule has 0 radical (unpaired) electrons. The summed E-state index contributed by atoms with van der Waals surface area (Å²) in [5, 5.41) is 0.966. The van der Waals surface area contributed by atoms with E-state index in [0.29, 0.717) is 11.4 Å². The van der Waals surface area contributed by atoms with Crippen molar-refractivity contribution in [1.29, 1.82) is 0 Å². The molecule has 0 spiro atoms. The summed E-state index contributed by atoms with van der Waals surface area (Å²) >= 11 is 3.47. The van der Waals surface area contributed by atoms with Crippen molar-refractivity contribution in [1.82, 2.24) is 4.98 Å². The molecule has 3 rings (SSSR count). The van der Waals surface area contributed by atoms with Gasteiger partial charge in [0.25, 0.3) is 0 Å². The minimum Gasteiger partial charge on any atom is -0.453 e. The normalized spacial score (nSPS) is 10.7. The molecule has 0 amide bonds. The molecule has 1 aromatic heterocycles. The van der Waals surface area contributed by atoms with Crippen molar-refractivity contribution in [3.63, 3.8) is 0 Å². The van der Waals surface area contributed by atoms with Crippen LogP contribution in [0.3, 0.4) is 0 Å². The minimum atomic E-state index is 0.595. The first kappa shape index (κ1) is 12.9. The number of nitrogens with zero attached hydrogens (tertiary/aromatic N) is 1. The molecule has 4 heteroatoms. The van der Waals surface area contributed by atoms with E-state index in [9.17, 15) is 0 Å². The van der Waals surface area contributed by atoms with Crippen molar-refractivity contribution in [2.45, 2.75) is 6.92 Å². The number of benzene rings is 2. The number of rotatable bonds is 2. The topological polar surface area (TPSA) is 48.1 Å². The van der Waals surface area contributed by atoms with Crippen LogP contribution in [0.2, 0.25) is 0 Å². The predicted molar refractivity (Wildman–Crippen MR) is 85.1 cm³/mol. The molecule has 0 aliphatic rings. The Morgan fingerprint density at radius 3 is 2.70 bits per heavy atom. The van der Waals surface area contributed by atoms with E-state index >= 15 is 0 Å². The number of ether oxygens (including phenoxy) is 1. The first-order valence-corrected chi connectivity index (χ1v) is 7.02. The quantitative estimate of drug-likeness (QED) is 0.695. The summed E-state index contributed by atoms with van der Waals surface area (Å²) in [6.07, 6.45) is 0. The molecule has 0 fully saturated rings. The van der Waals surface area contributed by atoms with Gasteiger partial charge in [0, 0.05) is 17.1 Å². The van der Waals surface area contributed by atoms with E-state index in [1.165, 1.54) is 0 Å². The Labute approximate surface area is 125 Å². The maximum Gasteiger partial charge on any atom is 0.164 e. The Morgan fingerprint density at radius 1 is 1.10 bits per heavy atom. The maximum atomic E-state index is 6.02. The van der Waals surface area contributed by atoms with E-state index in [4.69, 9.17) is 10.5 Å². The lowest BCUT2D eigenvalue weighted by Crippen LogP contribution is -1.95. The summed E-state index contributed by atoms with van der Waals surface area (Å²) in [6.45, 7) is 1.95. The van der Waals surface area contributed by atoms with Gasteiger partial charge in [0.1, 0.15) is 5.75 Å². The smallest absolute Gasteiger partial charge is 0.164 e. The third-order valence-electron chi connectivity index (χ3n) is 3.02. The van der Waals surface area contributed by atoms with Crippen LogP contribution in [-0.4, -0.2) is 4.98 Å². The third-order valence-corrected chi connectivity index (χ3v) is 3.64. The van der Waals surface area contributed by atoms with Gasteiger partial charge in [0.05, 0.1) is 15.7 Å². The molecule has 0 aliphatic carbocycles. The first-order valence-electron chi connectivity index (χ1n) is 6.23. The summed E-state index contributed by atoms with van der Waals surface area (Å²) in [7, 11) is 0. The summed E-state index contributed by atoms with van der Waals surface area (Å²) in [5.74, 6) is 1.38.